The molecule has 0 aromatic heterocycles. The summed E-state index contributed by atoms with van der Waals surface area (Å²) in [7, 11) is 0. The molecule has 2 N–H and O–H groups in total. The molecule has 1 saturated carbocycles. The van der Waals surface area contributed by atoms with Crippen molar-refractivity contribution in [2.24, 2.45) is 0 Å². The summed E-state index contributed by atoms with van der Waals surface area (Å²) in [6.07, 6.45) is 2.48. The van der Waals surface area contributed by atoms with Crippen LogP contribution in [0, 0.1) is 17.5 Å². The van der Waals surface area contributed by atoms with E-state index in [9.17, 15) is 18.0 Å². The second-order valence-corrected chi connectivity index (χ2v) is 6.52. The Kier molecular flexibility index (Phi) is 5.03. The van der Waals surface area contributed by atoms with Crippen LogP contribution in [0.25, 0.3) is 0 Å². The van der Waals surface area contributed by atoms with Crippen LogP contribution < -0.4 is 5.32 Å². The first kappa shape index (κ1) is 16.0. The molecule has 1 fully saturated rings. The summed E-state index contributed by atoms with van der Waals surface area (Å²) in [5.41, 5.74) is -0.682. The Bertz CT molecular complexity index is 554. The van der Waals surface area contributed by atoms with Crippen molar-refractivity contribution in [3.8, 4) is 5.75 Å². The third-order valence-electron chi connectivity index (χ3n) is 3.50. The maximum absolute atomic E-state index is 13.6. The lowest BCUT2D eigenvalue weighted by atomic mass is 10.1. The number of hydrogen-bond acceptors (Lipinski definition) is 3. The largest absolute Gasteiger partial charge is 0.503 e. The zero-order valence-electron chi connectivity index (χ0n) is 11.5. The van der Waals surface area contributed by atoms with Crippen LogP contribution in [0.4, 0.5) is 13.2 Å². The molecule has 0 spiro atoms. The number of benzene rings is 1. The normalized spacial score (nSPS) is 21.5. The van der Waals surface area contributed by atoms with Gasteiger partial charge >= 0.3 is 0 Å². The molecule has 1 amide bonds. The molecule has 7 heteroatoms. The number of carbonyl (C=O) groups excluding carboxylic acids is 1. The maximum atomic E-state index is 13.6. The number of thioether (sulfide) groups is 1. The lowest BCUT2D eigenvalue weighted by molar-refractivity contribution is 0.0932. The third kappa shape index (κ3) is 3.45. The smallest absolute Gasteiger partial charge is 0.254 e. The van der Waals surface area contributed by atoms with E-state index in [0.717, 1.165) is 25.0 Å². The predicted molar refractivity (Wildman–Crippen MR) is 75.0 cm³/mol. The number of nitrogens with one attached hydrogen (secondary N) is 1. The summed E-state index contributed by atoms with van der Waals surface area (Å²) in [6.45, 7) is 2.05. The van der Waals surface area contributed by atoms with Gasteiger partial charge < -0.3 is 10.4 Å². The van der Waals surface area contributed by atoms with Gasteiger partial charge in [-0.25, -0.2) is 8.78 Å². The van der Waals surface area contributed by atoms with E-state index in [1.807, 2.05) is 0 Å². The van der Waals surface area contributed by atoms with Gasteiger partial charge in [0, 0.05) is 11.3 Å². The molecule has 0 radical (unpaired) electrons. The van der Waals surface area contributed by atoms with Crippen molar-refractivity contribution in [2.45, 2.75) is 37.5 Å². The highest BCUT2D eigenvalue weighted by atomic mass is 32.2. The van der Waals surface area contributed by atoms with E-state index in [-0.39, 0.29) is 6.04 Å². The minimum atomic E-state index is -1.69. The summed E-state index contributed by atoms with van der Waals surface area (Å²) >= 11 is 1.80. The Morgan fingerprint density at radius 2 is 2.10 bits per heavy atom. The summed E-state index contributed by atoms with van der Waals surface area (Å²) in [4.78, 5) is 11.9. The highest BCUT2D eigenvalue weighted by Gasteiger charge is 2.28. The molecular weight excluding hydrogens is 303 g/mol. The van der Waals surface area contributed by atoms with Crippen LogP contribution in [0.3, 0.4) is 0 Å². The van der Waals surface area contributed by atoms with E-state index in [1.165, 1.54) is 0 Å². The minimum absolute atomic E-state index is 0.115. The quantitative estimate of drug-likeness (QED) is 0.838. The van der Waals surface area contributed by atoms with Crippen molar-refractivity contribution < 1.29 is 23.1 Å². The van der Waals surface area contributed by atoms with E-state index < -0.39 is 34.7 Å². The molecule has 0 unspecified atom stereocenters. The maximum Gasteiger partial charge on any atom is 0.254 e. The molecule has 1 aromatic rings. The van der Waals surface area contributed by atoms with Crippen LogP contribution in [0.2, 0.25) is 0 Å². The second kappa shape index (κ2) is 6.60. The topological polar surface area (TPSA) is 49.3 Å². The zero-order valence-corrected chi connectivity index (χ0v) is 12.3. The predicted octanol–water partition coefficient (Wildman–Crippen LogP) is 3.21. The molecule has 116 valence electrons. The third-order valence-corrected chi connectivity index (χ3v) is 4.73. The fourth-order valence-corrected chi connectivity index (χ4v) is 3.62. The summed E-state index contributed by atoms with van der Waals surface area (Å²) < 4.78 is 39.8. The van der Waals surface area contributed by atoms with Crippen molar-refractivity contribution >= 4 is 17.7 Å². The van der Waals surface area contributed by atoms with Crippen LogP contribution in [0.15, 0.2) is 6.07 Å². The van der Waals surface area contributed by atoms with Gasteiger partial charge in [-0.15, -0.1) is 0 Å². The van der Waals surface area contributed by atoms with Crippen molar-refractivity contribution in [2.75, 3.05) is 5.75 Å². The second-order valence-electron chi connectivity index (χ2n) is 4.94. The van der Waals surface area contributed by atoms with Crippen molar-refractivity contribution in [1.29, 1.82) is 0 Å². The highest BCUT2D eigenvalue weighted by molar-refractivity contribution is 7.99. The van der Waals surface area contributed by atoms with Gasteiger partial charge in [0.2, 0.25) is 5.82 Å². The Labute approximate surface area is 124 Å². The number of aromatic hydroxyl groups is 1. The van der Waals surface area contributed by atoms with E-state index in [1.54, 1.807) is 11.8 Å². The van der Waals surface area contributed by atoms with E-state index in [2.05, 4.69) is 12.2 Å². The Balaban J connectivity index is 2.08. The fraction of sp³-hybridized carbons (Fsp3) is 0.500. The van der Waals surface area contributed by atoms with Crippen LogP contribution >= 0.6 is 11.8 Å². The SMILES string of the molecule is CCS[C@@H]1CC[C@@H](NC(=O)c2cc(F)c(F)c(O)c2F)C1. The highest BCUT2D eigenvalue weighted by Crippen LogP contribution is 2.30. The Hall–Kier alpha value is -1.37. The van der Waals surface area contributed by atoms with Gasteiger partial charge in [0.05, 0.1) is 5.56 Å². The number of hydrogen-bond donors (Lipinski definition) is 2. The van der Waals surface area contributed by atoms with Gasteiger partial charge in [0.1, 0.15) is 0 Å². The lowest BCUT2D eigenvalue weighted by Gasteiger charge is -2.14. The van der Waals surface area contributed by atoms with E-state index >= 15 is 0 Å². The molecule has 0 aliphatic heterocycles. The molecule has 0 bridgehead atoms. The van der Waals surface area contributed by atoms with E-state index in [4.69, 9.17) is 5.11 Å². The number of halogens is 3. The molecule has 2 rings (SSSR count). The average Bonchev–Trinajstić information content (AvgIpc) is 2.88. The van der Waals surface area contributed by atoms with Crippen LogP contribution in [0.1, 0.15) is 36.5 Å². The van der Waals surface area contributed by atoms with Gasteiger partial charge in [0.15, 0.2) is 17.4 Å². The molecule has 3 nitrogen and oxygen atoms in total. The zero-order chi connectivity index (χ0) is 15.6. The van der Waals surface area contributed by atoms with E-state index in [0.29, 0.717) is 11.3 Å². The monoisotopic (exact) mass is 319 g/mol. The first-order chi connectivity index (χ1) is 9.93. The van der Waals surface area contributed by atoms with Gasteiger partial charge in [-0.2, -0.15) is 16.2 Å². The lowest BCUT2D eigenvalue weighted by Crippen LogP contribution is -2.33. The molecule has 1 aliphatic carbocycles. The van der Waals surface area contributed by atoms with Gasteiger partial charge in [-0.1, -0.05) is 6.92 Å². The van der Waals surface area contributed by atoms with Crippen molar-refractivity contribution in [3.63, 3.8) is 0 Å². The van der Waals surface area contributed by atoms with Gasteiger partial charge in [-0.3, -0.25) is 4.79 Å². The van der Waals surface area contributed by atoms with Gasteiger partial charge in [0.25, 0.3) is 5.91 Å². The minimum Gasteiger partial charge on any atom is -0.503 e. The molecule has 1 aliphatic rings. The Morgan fingerprint density at radius 3 is 2.76 bits per heavy atom. The van der Waals surface area contributed by atoms with Crippen molar-refractivity contribution in [3.05, 3.63) is 29.1 Å². The number of phenols is 1. The molecule has 0 saturated heterocycles. The number of rotatable bonds is 4. The Morgan fingerprint density at radius 1 is 1.38 bits per heavy atom. The number of carbonyl (C=O) groups is 1. The van der Waals surface area contributed by atoms with Crippen LogP contribution in [-0.2, 0) is 0 Å². The number of amides is 1. The first-order valence-electron chi connectivity index (χ1n) is 6.73. The number of phenolic OH excluding ortho intramolecular Hbond substituents is 1. The summed E-state index contributed by atoms with van der Waals surface area (Å²) in [5, 5.41) is 12.2. The van der Waals surface area contributed by atoms with Crippen molar-refractivity contribution in [1.82, 2.24) is 5.32 Å². The molecular formula is C14H16F3NO2S. The van der Waals surface area contributed by atoms with Gasteiger partial charge in [-0.05, 0) is 31.1 Å². The molecule has 2 atom stereocenters. The summed E-state index contributed by atoms with van der Waals surface area (Å²) in [5.74, 6) is -5.91. The standard InChI is InChI=1S/C14H16F3NO2S/c1-2-21-8-4-3-7(5-8)18-14(20)9-6-10(15)12(17)13(19)11(9)16/h6-8,19H,2-5H2,1H3,(H,18,20)/t7-,8-/m1/s1. The van der Waals surface area contributed by atoms with Crippen LogP contribution in [-0.4, -0.2) is 28.1 Å². The molecule has 0 heterocycles. The molecule has 1 aromatic carbocycles. The van der Waals surface area contributed by atoms with Crippen LogP contribution in [0.5, 0.6) is 5.75 Å². The summed E-state index contributed by atoms with van der Waals surface area (Å²) in [6, 6.07) is 0.351. The fourth-order valence-electron chi connectivity index (χ4n) is 2.48. The average molecular weight is 319 g/mol. The molecule has 21 heavy (non-hydrogen) atoms. The first-order valence-corrected chi connectivity index (χ1v) is 7.77.